The molecule has 2 nitrogen and oxygen atoms in total. The molecule has 0 unspecified atom stereocenters. The van der Waals surface area contributed by atoms with Gasteiger partial charge in [0.15, 0.2) is 0 Å². The van der Waals surface area contributed by atoms with Crippen molar-refractivity contribution in [3.8, 4) is 11.8 Å². The van der Waals surface area contributed by atoms with Gasteiger partial charge in [-0.25, -0.2) is 0 Å². The summed E-state index contributed by atoms with van der Waals surface area (Å²) in [5.74, 6) is -0.0139. The molecule has 2 heteroatoms. The summed E-state index contributed by atoms with van der Waals surface area (Å²) in [5, 5.41) is 17.1. The van der Waals surface area contributed by atoms with Crippen LogP contribution in [0.1, 0.15) is 5.56 Å². The Hall–Kier alpha value is -1.49. The summed E-state index contributed by atoms with van der Waals surface area (Å²) in [6.07, 6.45) is 0. The first-order valence-corrected chi connectivity index (χ1v) is 2.44. The van der Waals surface area contributed by atoms with E-state index in [0.717, 1.165) is 0 Å². The molecule has 0 fully saturated rings. The van der Waals surface area contributed by atoms with E-state index >= 15 is 0 Å². The maximum Gasteiger partial charge on any atom is 0.133 e. The highest BCUT2D eigenvalue weighted by Gasteiger charge is 1.93. The van der Waals surface area contributed by atoms with Crippen LogP contribution < -0.4 is 0 Å². The average molecular weight is 118 g/mol. The van der Waals surface area contributed by atoms with Crippen molar-refractivity contribution >= 4 is 0 Å². The first-order chi connectivity index (χ1) is 4.34. The van der Waals surface area contributed by atoms with Crippen LogP contribution in [-0.2, 0) is 0 Å². The number of aromatic hydroxyl groups is 1. The lowest BCUT2D eigenvalue weighted by Gasteiger charge is -1.89. The summed E-state index contributed by atoms with van der Waals surface area (Å²) in [5.41, 5.74) is 0.192. The van der Waals surface area contributed by atoms with Crippen LogP contribution in [0.25, 0.3) is 0 Å². The molecular weight excluding hydrogens is 114 g/mol. The average Bonchev–Trinajstić information content (AvgIpc) is 1.89. The third-order valence-corrected chi connectivity index (χ3v) is 0.946. The lowest BCUT2D eigenvalue weighted by atomic mass is 10.2. The normalized spacial score (nSPS) is 8.33. The summed E-state index contributed by atoms with van der Waals surface area (Å²) in [6, 6.07) is 9.02. The molecule has 1 aromatic carbocycles. The number of phenolic OH excluding ortho intramolecular Hbond substituents is 1. The van der Waals surface area contributed by atoms with Crippen LogP contribution in [0, 0.1) is 17.4 Å². The monoisotopic (exact) mass is 118 g/mol. The Kier molecular flexibility index (Phi) is 1.37. The molecule has 0 heterocycles. The number of hydrogen-bond acceptors (Lipinski definition) is 2. The topological polar surface area (TPSA) is 44.0 Å². The summed E-state index contributed by atoms with van der Waals surface area (Å²) < 4.78 is 0. The van der Waals surface area contributed by atoms with E-state index < -0.39 is 0 Å². The van der Waals surface area contributed by atoms with Gasteiger partial charge in [0.25, 0.3) is 0 Å². The summed E-state index contributed by atoms with van der Waals surface area (Å²) in [4.78, 5) is 0. The zero-order valence-corrected chi connectivity index (χ0v) is 4.63. The second kappa shape index (κ2) is 2.19. The highest BCUT2D eigenvalue weighted by atomic mass is 16.3. The van der Waals surface area contributed by atoms with Gasteiger partial charge >= 0.3 is 0 Å². The van der Waals surface area contributed by atoms with Gasteiger partial charge in [-0.2, -0.15) is 5.26 Å². The van der Waals surface area contributed by atoms with Gasteiger partial charge in [0, 0.05) is 6.07 Å². The van der Waals surface area contributed by atoms with E-state index in [9.17, 15) is 0 Å². The van der Waals surface area contributed by atoms with Gasteiger partial charge in [0.1, 0.15) is 17.4 Å². The van der Waals surface area contributed by atoms with Crippen molar-refractivity contribution in [2.75, 3.05) is 0 Å². The smallest absolute Gasteiger partial charge is 0.133 e. The zero-order chi connectivity index (χ0) is 6.69. The van der Waals surface area contributed by atoms with Gasteiger partial charge in [-0.15, -0.1) is 0 Å². The van der Waals surface area contributed by atoms with Crippen LogP contribution in [0.3, 0.4) is 0 Å². The van der Waals surface area contributed by atoms with E-state index in [1.165, 1.54) is 6.07 Å². The predicted molar refractivity (Wildman–Crippen MR) is 31.7 cm³/mol. The molecule has 0 bridgehead atoms. The summed E-state index contributed by atoms with van der Waals surface area (Å²) >= 11 is 0. The van der Waals surface area contributed by atoms with Crippen LogP contribution in [0.4, 0.5) is 0 Å². The van der Waals surface area contributed by atoms with Gasteiger partial charge in [-0.1, -0.05) is 12.1 Å². The number of hydrogen-bond donors (Lipinski definition) is 1. The number of nitriles is 1. The van der Waals surface area contributed by atoms with E-state index in [2.05, 4.69) is 6.07 Å². The fraction of sp³-hybridized carbons (Fsp3) is 0. The molecule has 1 N–H and O–H groups in total. The van der Waals surface area contributed by atoms with Gasteiger partial charge < -0.3 is 5.11 Å². The minimum absolute atomic E-state index is 0.0139. The molecule has 0 saturated heterocycles. The Morgan fingerprint density at radius 1 is 1.67 bits per heavy atom. The number of rotatable bonds is 0. The maximum absolute atomic E-state index is 8.86. The Balaban J connectivity index is 3.20. The molecule has 1 rings (SSSR count). The summed E-state index contributed by atoms with van der Waals surface area (Å²) in [7, 11) is 0. The number of nitrogens with zero attached hydrogens (tertiary/aromatic N) is 1. The lowest BCUT2D eigenvalue weighted by Crippen LogP contribution is -1.72. The first-order valence-electron chi connectivity index (χ1n) is 2.44. The van der Waals surface area contributed by atoms with Crippen molar-refractivity contribution in [3.63, 3.8) is 0 Å². The molecule has 0 saturated carbocycles. The van der Waals surface area contributed by atoms with Crippen molar-refractivity contribution in [2.45, 2.75) is 0 Å². The van der Waals surface area contributed by atoms with Gasteiger partial charge in [0.05, 0.1) is 0 Å². The van der Waals surface area contributed by atoms with Crippen molar-refractivity contribution in [1.82, 2.24) is 0 Å². The molecule has 0 amide bonds. The van der Waals surface area contributed by atoms with Crippen LogP contribution in [0.15, 0.2) is 18.2 Å². The molecule has 9 heavy (non-hydrogen) atoms. The van der Waals surface area contributed by atoms with Gasteiger partial charge in [-0.3, -0.25) is 0 Å². The van der Waals surface area contributed by atoms with E-state index in [4.69, 9.17) is 10.4 Å². The second-order valence-electron chi connectivity index (χ2n) is 1.54. The lowest BCUT2D eigenvalue weighted by molar-refractivity contribution is 0.473. The third-order valence-electron chi connectivity index (χ3n) is 0.946. The third kappa shape index (κ3) is 1.000. The predicted octanol–water partition coefficient (Wildman–Crippen LogP) is 1.06. The van der Waals surface area contributed by atoms with Crippen molar-refractivity contribution < 1.29 is 5.11 Å². The molecule has 43 valence electrons. The molecule has 0 aliphatic heterocycles. The molecule has 0 aliphatic rings. The Bertz CT molecular complexity index is 249. The number of benzene rings is 1. The Labute approximate surface area is 53.0 Å². The van der Waals surface area contributed by atoms with Crippen LogP contribution in [0.2, 0.25) is 0 Å². The fourth-order valence-corrected chi connectivity index (χ4v) is 0.518. The van der Waals surface area contributed by atoms with Crippen LogP contribution >= 0.6 is 0 Å². The standard InChI is InChI=1S/C7H4NO/c8-5-6-3-1-2-4-7(6)9/h1-2,4,9H. The van der Waals surface area contributed by atoms with E-state index in [1.54, 1.807) is 18.2 Å². The molecule has 0 spiro atoms. The highest BCUT2D eigenvalue weighted by Crippen LogP contribution is 2.12. The highest BCUT2D eigenvalue weighted by molar-refractivity contribution is 5.40. The maximum atomic E-state index is 8.86. The van der Waals surface area contributed by atoms with E-state index in [-0.39, 0.29) is 11.3 Å². The van der Waals surface area contributed by atoms with Gasteiger partial charge in [0.2, 0.25) is 0 Å². The van der Waals surface area contributed by atoms with Gasteiger partial charge in [-0.05, 0) is 6.07 Å². The molecule has 1 aromatic rings. The van der Waals surface area contributed by atoms with Crippen molar-refractivity contribution in [1.29, 1.82) is 5.26 Å². The minimum Gasteiger partial charge on any atom is -0.507 e. The Morgan fingerprint density at radius 3 is 2.89 bits per heavy atom. The molecule has 0 atom stereocenters. The van der Waals surface area contributed by atoms with Crippen molar-refractivity contribution in [3.05, 3.63) is 29.8 Å². The molecule has 1 radical (unpaired) electrons. The quantitative estimate of drug-likeness (QED) is 0.553. The van der Waals surface area contributed by atoms with E-state index in [0.29, 0.717) is 0 Å². The Morgan fingerprint density at radius 2 is 2.44 bits per heavy atom. The van der Waals surface area contributed by atoms with Crippen LogP contribution in [-0.4, -0.2) is 5.11 Å². The van der Waals surface area contributed by atoms with Crippen molar-refractivity contribution in [2.24, 2.45) is 0 Å². The van der Waals surface area contributed by atoms with E-state index in [1.807, 2.05) is 0 Å². The SMILES string of the molecule is N#Cc1[c]cccc1O. The molecular formula is C7H4NO. The van der Waals surface area contributed by atoms with Crippen LogP contribution in [0.5, 0.6) is 5.75 Å². The largest absolute Gasteiger partial charge is 0.507 e. The second-order valence-corrected chi connectivity index (χ2v) is 1.54. The molecule has 0 aromatic heterocycles. The fourth-order valence-electron chi connectivity index (χ4n) is 0.518. The first kappa shape index (κ1) is 5.64. The minimum atomic E-state index is -0.0139. The zero-order valence-electron chi connectivity index (χ0n) is 4.63. The molecule has 0 aliphatic carbocycles. The number of phenols is 1. The summed E-state index contributed by atoms with van der Waals surface area (Å²) in [6.45, 7) is 0.